The summed E-state index contributed by atoms with van der Waals surface area (Å²) >= 11 is 12.9. The third-order valence-electron chi connectivity index (χ3n) is 1.64. The number of amidine groups is 1. The largest absolute Gasteiger partial charge is 0.370 e. The van der Waals surface area contributed by atoms with Crippen molar-refractivity contribution in [1.82, 2.24) is 5.32 Å². The van der Waals surface area contributed by atoms with Crippen LogP contribution in [0.1, 0.15) is 5.56 Å². The second kappa shape index (κ2) is 5.98. The highest BCUT2D eigenvalue weighted by atomic mass is 35.5. The Kier molecular flexibility index (Phi) is 4.92. The molecule has 0 radical (unpaired) electrons. The Hall–Kier alpha value is -0.910. The number of nitrogens with two attached hydrogens (primary N) is 1. The zero-order chi connectivity index (χ0) is 12.1. The lowest BCUT2D eigenvalue weighted by molar-refractivity contribution is 1.24. The van der Waals surface area contributed by atoms with Gasteiger partial charge in [0.1, 0.15) is 0 Å². The number of guanidine groups is 1. The van der Waals surface area contributed by atoms with Crippen LogP contribution in [0, 0.1) is 10.8 Å². The van der Waals surface area contributed by atoms with E-state index in [9.17, 15) is 0 Å². The van der Waals surface area contributed by atoms with Gasteiger partial charge in [0, 0.05) is 15.8 Å². The Labute approximate surface area is 108 Å². The summed E-state index contributed by atoms with van der Waals surface area (Å²) in [6.07, 6.45) is 0. The number of rotatable bonds is 2. The summed E-state index contributed by atoms with van der Waals surface area (Å²) in [5.74, 6) is 0.273. The van der Waals surface area contributed by atoms with Crippen LogP contribution in [0.2, 0.25) is 10.0 Å². The molecule has 0 aliphatic carbocycles. The number of nitrogens with one attached hydrogen (secondary N) is 3. The first-order valence-corrected chi connectivity index (χ1v) is 5.99. The van der Waals surface area contributed by atoms with E-state index in [1.54, 1.807) is 18.2 Å². The summed E-state index contributed by atoms with van der Waals surface area (Å²) in [4.78, 5) is 0. The Morgan fingerprint density at radius 3 is 2.62 bits per heavy atom. The van der Waals surface area contributed by atoms with E-state index in [2.05, 4.69) is 5.32 Å². The molecule has 4 nitrogen and oxygen atoms in total. The smallest absolute Gasteiger partial charge is 0.191 e. The van der Waals surface area contributed by atoms with Crippen LogP contribution in [0.4, 0.5) is 0 Å². The maximum Gasteiger partial charge on any atom is 0.191 e. The first-order valence-electron chi connectivity index (χ1n) is 4.25. The van der Waals surface area contributed by atoms with E-state index in [1.165, 1.54) is 11.8 Å². The van der Waals surface area contributed by atoms with E-state index < -0.39 is 0 Å². The number of hydrogen-bond acceptors (Lipinski definition) is 3. The molecule has 0 spiro atoms. The van der Waals surface area contributed by atoms with Crippen molar-refractivity contribution < 1.29 is 0 Å². The minimum absolute atomic E-state index is 0.110. The molecule has 0 aliphatic heterocycles. The van der Waals surface area contributed by atoms with Crippen LogP contribution < -0.4 is 11.1 Å². The molecule has 0 fully saturated rings. The maximum absolute atomic E-state index is 7.44. The molecule has 0 heterocycles. The van der Waals surface area contributed by atoms with Gasteiger partial charge in [0.05, 0.1) is 0 Å². The minimum atomic E-state index is -0.250. The minimum Gasteiger partial charge on any atom is -0.370 e. The van der Waals surface area contributed by atoms with Gasteiger partial charge in [-0.2, -0.15) is 0 Å². The van der Waals surface area contributed by atoms with Gasteiger partial charge < -0.3 is 11.1 Å². The Bertz CT molecular complexity index is 422. The van der Waals surface area contributed by atoms with Crippen molar-refractivity contribution in [2.75, 3.05) is 0 Å². The molecule has 0 bridgehead atoms. The van der Waals surface area contributed by atoms with Crippen LogP contribution in [0.15, 0.2) is 18.2 Å². The quantitative estimate of drug-likeness (QED) is 0.495. The van der Waals surface area contributed by atoms with Crippen molar-refractivity contribution in [3.05, 3.63) is 33.8 Å². The van der Waals surface area contributed by atoms with Gasteiger partial charge in [-0.15, -0.1) is 0 Å². The van der Waals surface area contributed by atoms with Gasteiger partial charge in [0.2, 0.25) is 0 Å². The molecule has 0 aromatic heterocycles. The predicted molar refractivity (Wildman–Crippen MR) is 70.5 cm³/mol. The monoisotopic (exact) mass is 276 g/mol. The summed E-state index contributed by atoms with van der Waals surface area (Å²) in [6.45, 7) is 0. The third-order valence-corrected chi connectivity index (χ3v) is 3.07. The second-order valence-corrected chi connectivity index (χ2v) is 4.72. The van der Waals surface area contributed by atoms with E-state index in [4.69, 9.17) is 39.8 Å². The standard InChI is InChI=1S/C9H10Cl2N4S/c10-6-2-1-5(7(11)3-6)4-16-9(14)15-8(12)13/h1-3H,4H2,(H5,12,13,14,15). The Morgan fingerprint density at radius 2 is 2.06 bits per heavy atom. The summed E-state index contributed by atoms with van der Waals surface area (Å²) in [5.41, 5.74) is 5.97. The van der Waals surface area contributed by atoms with Crippen molar-refractivity contribution in [3.8, 4) is 0 Å². The molecule has 1 aromatic carbocycles. The van der Waals surface area contributed by atoms with Gasteiger partial charge in [-0.3, -0.25) is 10.8 Å². The van der Waals surface area contributed by atoms with Crippen molar-refractivity contribution in [3.63, 3.8) is 0 Å². The highest BCUT2D eigenvalue weighted by Crippen LogP contribution is 2.24. The van der Waals surface area contributed by atoms with Crippen molar-refractivity contribution >= 4 is 46.1 Å². The van der Waals surface area contributed by atoms with Crippen LogP contribution in [0.25, 0.3) is 0 Å². The normalized spacial score (nSPS) is 9.88. The van der Waals surface area contributed by atoms with Gasteiger partial charge in [0.25, 0.3) is 0 Å². The molecule has 1 aromatic rings. The average molecular weight is 277 g/mol. The van der Waals surface area contributed by atoms with Crippen LogP contribution in [-0.4, -0.2) is 11.1 Å². The lowest BCUT2D eigenvalue weighted by Gasteiger charge is -2.06. The van der Waals surface area contributed by atoms with E-state index in [0.717, 1.165) is 5.56 Å². The highest BCUT2D eigenvalue weighted by molar-refractivity contribution is 8.13. The van der Waals surface area contributed by atoms with Gasteiger partial charge in [-0.05, 0) is 17.7 Å². The highest BCUT2D eigenvalue weighted by Gasteiger charge is 2.04. The first kappa shape index (κ1) is 13.2. The zero-order valence-corrected chi connectivity index (χ0v) is 10.5. The van der Waals surface area contributed by atoms with E-state index in [0.29, 0.717) is 15.8 Å². The van der Waals surface area contributed by atoms with Gasteiger partial charge in [-0.25, -0.2) is 0 Å². The fourth-order valence-electron chi connectivity index (χ4n) is 0.947. The molecular weight excluding hydrogens is 267 g/mol. The molecule has 0 aliphatic rings. The van der Waals surface area contributed by atoms with Gasteiger partial charge >= 0.3 is 0 Å². The molecule has 5 N–H and O–H groups in total. The number of hydrogen-bond donors (Lipinski definition) is 4. The van der Waals surface area contributed by atoms with Crippen molar-refractivity contribution in [2.45, 2.75) is 5.75 Å². The zero-order valence-electron chi connectivity index (χ0n) is 8.18. The van der Waals surface area contributed by atoms with Crippen molar-refractivity contribution in [1.29, 1.82) is 10.8 Å². The molecule has 0 unspecified atom stereocenters. The molecule has 16 heavy (non-hydrogen) atoms. The van der Waals surface area contributed by atoms with Gasteiger partial charge in [-0.1, -0.05) is 41.0 Å². The number of halogens is 2. The fraction of sp³-hybridized carbons (Fsp3) is 0.111. The summed E-state index contributed by atoms with van der Waals surface area (Å²) < 4.78 is 0. The Morgan fingerprint density at radius 1 is 1.38 bits per heavy atom. The SMILES string of the molecule is N=C(N)NC(=N)SCc1ccc(Cl)cc1Cl. The second-order valence-electron chi connectivity index (χ2n) is 2.89. The molecule has 86 valence electrons. The first-order chi connectivity index (χ1) is 7.49. The van der Waals surface area contributed by atoms with E-state index in [1.807, 2.05) is 0 Å². The molecule has 0 saturated heterocycles. The van der Waals surface area contributed by atoms with E-state index in [-0.39, 0.29) is 11.1 Å². The lowest BCUT2D eigenvalue weighted by atomic mass is 10.2. The molecular formula is C9H10Cl2N4S. The van der Waals surface area contributed by atoms with Crippen LogP contribution >= 0.6 is 35.0 Å². The molecule has 0 saturated carbocycles. The average Bonchev–Trinajstić information content (AvgIpc) is 2.15. The number of thioether (sulfide) groups is 1. The fourth-order valence-corrected chi connectivity index (χ4v) is 2.24. The topological polar surface area (TPSA) is 85.8 Å². The summed E-state index contributed by atoms with van der Waals surface area (Å²) in [5, 5.41) is 18.0. The summed E-state index contributed by atoms with van der Waals surface area (Å²) in [6, 6.07) is 5.20. The third kappa shape index (κ3) is 4.30. The molecule has 7 heteroatoms. The molecule has 1 rings (SSSR count). The van der Waals surface area contributed by atoms with Crippen LogP contribution in [-0.2, 0) is 5.75 Å². The van der Waals surface area contributed by atoms with Crippen LogP contribution in [0.5, 0.6) is 0 Å². The molecule has 0 amide bonds. The maximum atomic E-state index is 7.44. The lowest BCUT2D eigenvalue weighted by Crippen LogP contribution is -2.33. The van der Waals surface area contributed by atoms with Crippen LogP contribution in [0.3, 0.4) is 0 Å². The Balaban J connectivity index is 2.54. The summed E-state index contributed by atoms with van der Waals surface area (Å²) in [7, 11) is 0. The van der Waals surface area contributed by atoms with E-state index >= 15 is 0 Å². The predicted octanol–water partition coefficient (Wildman–Crippen LogP) is 2.64. The van der Waals surface area contributed by atoms with Gasteiger partial charge in [0.15, 0.2) is 11.1 Å². The number of benzene rings is 1. The molecule has 0 atom stereocenters. The van der Waals surface area contributed by atoms with Crippen molar-refractivity contribution in [2.24, 2.45) is 5.73 Å².